The monoisotopic (exact) mass is 402 g/mol. The Morgan fingerprint density at radius 3 is 2.83 bits per heavy atom. The molecular formula is C23H26N6O. The van der Waals surface area contributed by atoms with Crippen molar-refractivity contribution in [3.63, 3.8) is 0 Å². The molecule has 0 amide bonds. The van der Waals surface area contributed by atoms with Gasteiger partial charge in [-0.1, -0.05) is 42.5 Å². The van der Waals surface area contributed by atoms with Crippen LogP contribution in [0.3, 0.4) is 0 Å². The second-order valence-corrected chi connectivity index (χ2v) is 7.68. The summed E-state index contributed by atoms with van der Waals surface area (Å²) in [5, 5.41) is 3.40. The van der Waals surface area contributed by atoms with E-state index >= 15 is 0 Å². The van der Waals surface area contributed by atoms with Gasteiger partial charge in [-0.05, 0) is 36.1 Å². The Morgan fingerprint density at radius 1 is 1.10 bits per heavy atom. The summed E-state index contributed by atoms with van der Waals surface area (Å²) in [4.78, 5) is 12.0. The summed E-state index contributed by atoms with van der Waals surface area (Å²) in [5.41, 5.74) is 10.3. The minimum atomic E-state index is 0.271. The minimum Gasteiger partial charge on any atom is -0.497 e. The molecule has 3 heterocycles. The molecule has 154 valence electrons. The van der Waals surface area contributed by atoms with E-state index in [9.17, 15) is 0 Å². The van der Waals surface area contributed by atoms with Gasteiger partial charge in [0.05, 0.1) is 18.7 Å². The third-order valence-electron chi connectivity index (χ3n) is 5.67. The summed E-state index contributed by atoms with van der Waals surface area (Å²) in [5.74, 6) is 3.43. The molecule has 5 rings (SSSR count). The molecule has 7 heteroatoms. The van der Waals surface area contributed by atoms with E-state index in [1.165, 1.54) is 16.7 Å². The number of methoxy groups -OCH3 is 1. The van der Waals surface area contributed by atoms with E-state index < -0.39 is 0 Å². The van der Waals surface area contributed by atoms with Crippen molar-refractivity contribution in [3.8, 4) is 5.75 Å². The molecule has 0 saturated carbocycles. The number of hydrogen-bond donors (Lipinski definition) is 3. The maximum Gasteiger partial charge on any atom is 0.226 e. The molecule has 1 atom stereocenters. The molecule has 2 aromatic carbocycles. The van der Waals surface area contributed by atoms with Crippen LogP contribution in [0.15, 0.2) is 54.6 Å². The van der Waals surface area contributed by atoms with E-state index in [1.54, 1.807) is 7.11 Å². The highest BCUT2D eigenvalue weighted by Crippen LogP contribution is 2.41. The number of hydrazine groups is 1. The molecule has 3 aromatic rings. The van der Waals surface area contributed by atoms with Crippen LogP contribution in [0.5, 0.6) is 5.75 Å². The van der Waals surface area contributed by atoms with Crippen molar-refractivity contribution in [2.45, 2.75) is 25.4 Å². The van der Waals surface area contributed by atoms with Gasteiger partial charge in [-0.2, -0.15) is 9.97 Å². The molecule has 0 aliphatic carbocycles. The maximum absolute atomic E-state index is 5.31. The molecule has 7 nitrogen and oxygen atoms in total. The molecule has 2 aliphatic heterocycles. The van der Waals surface area contributed by atoms with Gasteiger partial charge in [-0.15, -0.1) is 0 Å². The highest BCUT2D eigenvalue weighted by atomic mass is 16.5. The number of aromatic nitrogens is 2. The largest absolute Gasteiger partial charge is 0.497 e. The van der Waals surface area contributed by atoms with Crippen molar-refractivity contribution < 1.29 is 4.74 Å². The van der Waals surface area contributed by atoms with Crippen molar-refractivity contribution in [1.82, 2.24) is 15.4 Å². The summed E-state index contributed by atoms with van der Waals surface area (Å²) >= 11 is 0. The Kier molecular flexibility index (Phi) is 5.11. The van der Waals surface area contributed by atoms with Gasteiger partial charge in [0.15, 0.2) is 5.82 Å². The average Bonchev–Trinajstić information content (AvgIpc) is 3.20. The van der Waals surface area contributed by atoms with Crippen LogP contribution in [0, 0.1) is 0 Å². The van der Waals surface area contributed by atoms with Crippen molar-refractivity contribution in [1.29, 1.82) is 0 Å². The third kappa shape index (κ3) is 3.76. The smallest absolute Gasteiger partial charge is 0.226 e. The fraction of sp³-hybridized carbons (Fsp3) is 0.304. The Labute approximate surface area is 176 Å². The zero-order chi connectivity index (χ0) is 20.3. The summed E-state index contributed by atoms with van der Waals surface area (Å²) in [6.07, 6.45) is 1.90. The predicted molar refractivity (Wildman–Crippen MR) is 119 cm³/mol. The van der Waals surface area contributed by atoms with Crippen LogP contribution in [-0.4, -0.2) is 30.2 Å². The lowest BCUT2D eigenvalue weighted by Crippen LogP contribution is -2.34. The Hall–Kier alpha value is -3.32. The standard InChI is InChI=1S/C23H26N6O/c1-30-18-9-5-8-16(14-18)10-12-24-23-25-21-20-19(27-28-21)11-13-29(22(20)26-23)15-17-6-3-2-4-7-17/h2-9,14,19,27H,10-13,15H2,1H3,(H2,24,25,26,28). The van der Waals surface area contributed by atoms with Gasteiger partial charge in [0.25, 0.3) is 0 Å². The molecular weight excluding hydrogens is 376 g/mol. The van der Waals surface area contributed by atoms with Crippen molar-refractivity contribution in [3.05, 3.63) is 71.3 Å². The summed E-state index contributed by atoms with van der Waals surface area (Å²) < 4.78 is 5.31. The van der Waals surface area contributed by atoms with Gasteiger partial charge in [-0.3, -0.25) is 0 Å². The lowest BCUT2D eigenvalue weighted by Gasteiger charge is -2.32. The van der Waals surface area contributed by atoms with E-state index in [1.807, 2.05) is 12.1 Å². The van der Waals surface area contributed by atoms with Crippen LogP contribution < -0.4 is 25.8 Å². The van der Waals surface area contributed by atoms with Crippen molar-refractivity contribution in [2.75, 3.05) is 35.8 Å². The molecule has 0 bridgehead atoms. The highest BCUT2D eigenvalue weighted by Gasteiger charge is 2.34. The van der Waals surface area contributed by atoms with Gasteiger partial charge < -0.3 is 20.4 Å². The SMILES string of the molecule is COc1cccc(CCNc2nc3c4c(n2)N(Cc2ccccc2)CCC4NN3)c1. The number of anilines is 3. The lowest BCUT2D eigenvalue weighted by molar-refractivity contribution is 0.414. The molecule has 0 spiro atoms. The normalized spacial score (nSPS) is 16.7. The topological polar surface area (TPSA) is 74.3 Å². The zero-order valence-electron chi connectivity index (χ0n) is 17.1. The molecule has 3 N–H and O–H groups in total. The molecule has 2 aliphatic rings. The molecule has 1 aromatic heterocycles. The summed E-state index contributed by atoms with van der Waals surface area (Å²) in [6.45, 7) is 2.56. The average molecular weight is 403 g/mol. The van der Waals surface area contributed by atoms with Crippen LogP contribution >= 0.6 is 0 Å². The number of rotatable bonds is 7. The molecule has 30 heavy (non-hydrogen) atoms. The van der Waals surface area contributed by atoms with Crippen LogP contribution in [-0.2, 0) is 13.0 Å². The Morgan fingerprint density at radius 2 is 1.97 bits per heavy atom. The second-order valence-electron chi connectivity index (χ2n) is 7.68. The van der Waals surface area contributed by atoms with E-state index in [4.69, 9.17) is 14.7 Å². The van der Waals surface area contributed by atoms with E-state index in [0.717, 1.165) is 49.9 Å². The van der Waals surface area contributed by atoms with Gasteiger partial charge in [0, 0.05) is 19.6 Å². The van der Waals surface area contributed by atoms with Crippen LogP contribution in [0.1, 0.15) is 29.2 Å². The fourth-order valence-electron chi connectivity index (χ4n) is 4.13. The van der Waals surface area contributed by atoms with Crippen LogP contribution in [0.4, 0.5) is 17.6 Å². The summed E-state index contributed by atoms with van der Waals surface area (Å²) in [7, 11) is 1.69. The molecule has 0 fully saturated rings. The number of ether oxygens (including phenoxy) is 1. The van der Waals surface area contributed by atoms with Gasteiger partial charge in [-0.25, -0.2) is 5.43 Å². The Bertz CT molecular complexity index is 1030. The number of nitrogens with one attached hydrogen (secondary N) is 3. The molecule has 0 radical (unpaired) electrons. The number of nitrogens with zero attached hydrogens (tertiary/aromatic N) is 3. The van der Waals surface area contributed by atoms with Crippen molar-refractivity contribution >= 4 is 17.6 Å². The Balaban J connectivity index is 1.34. The summed E-state index contributed by atoms with van der Waals surface area (Å²) in [6, 6.07) is 19.0. The first-order valence-electron chi connectivity index (χ1n) is 10.4. The quantitative estimate of drug-likeness (QED) is 0.558. The first-order valence-corrected chi connectivity index (χ1v) is 10.4. The minimum absolute atomic E-state index is 0.271. The van der Waals surface area contributed by atoms with Gasteiger partial charge >= 0.3 is 0 Å². The number of hydrogen-bond acceptors (Lipinski definition) is 7. The van der Waals surface area contributed by atoms with Gasteiger partial charge in [0.2, 0.25) is 5.95 Å². The first-order chi connectivity index (χ1) is 14.8. The lowest BCUT2D eigenvalue weighted by atomic mass is 10.0. The molecule has 0 saturated heterocycles. The fourth-order valence-corrected chi connectivity index (χ4v) is 4.13. The van der Waals surface area contributed by atoms with Crippen molar-refractivity contribution in [2.24, 2.45) is 0 Å². The first kappa shape index (κ1) is 18.7. The maximum atomic E-state index is 5.31. The molecule has 1 unspecified atom stereocenters. The second kappa shape index (κ2) is 8.20. The van der Waals surface area contributed by atoms with E-state index in [2.05, 4.69) is 63.5 Å². The van der Waals surface area contributed by atoms with E-state index in [-0.39, 0.29) is 6.04 Å². The number of benzene rings is 2. The third-order valence-corrected chi connectivity index (χ3v) is 5.67. The van der Waals surface area contributed by atoms with E-state index in [0.29, 0.717) is 5.95 Å². The van der Waals surface area contributed by atoms with Gasteiger partial charge in [0.1, 0.15) is 11.6 Å². The predicted octanol–water partition coefficient (Wildman–Crippen LogP) is 3.52. The van der Waals surface area contributed by atoms with Crippen LogP contribution in [0.25, 0.3) is 0 Å². The highest BCUT2D eigenvalue weighted by molar-refractivity contribution is 5.67. The zero-order valence-corrected chi connectivity index (χ0v) is 17.1. The van der Waals surface area contributed by atoms with Crippen LogP contribution in [0.2, 0.25) is 0 Å².